The van der Waals surface area contributed by atoms with Crippen molar-refractivity contribution in [3.05, 3.63) is 0 Å². The van der Waals surface area contributed by atoms with Gasteiger partial charge in [0.25, 0.3) is 0 Å². The van der Waals surface area contributed by atoms with Gasteiger partial charge in [0.2, 0.25) is 0 Å². The van der Waals surface area contributed by atoms with E-state index in [9.17, 15) is 0 Å². The van der Waals surface area contributed by atoms with Gasteiger partial charge < -0.3 is 0 Å². The Labute approximate surface area is 96.6 Å². The van der Waals surface area contributed by atoms with E-state index in [1.165, 1.54) is 44.9 Å². The van der Waals surface area contributed by atoms with Gasteiger partial charge in [-0.15, -0.1) is 0 Å². The van der Waals surface area contributed by atoms with Crippen molar-refractivity contribution in [2.24, 2.45) is 0 Å². The van der Waals surface area contributed by atoms with Gasteiger partial charge in [-0.1, -0.05) is 45.4 Å². The molecular formula is C13H30N2. The van der Waals surface area contributed by atoms with Gasteiger partial charge >= 0.3 is 0 Å². The van der Waals surface area contributed by atoms with Crippen molar-refractivity contribution in [1.82, 2.24) is 9.80 Å². The van der Waals surface area contributed by atoms with Crippen LogP contribution in [0.5, 0.6) is 0 Å². The third-order valence-electron chi connectivity index (χ3n) is 3.01. The molecular weight excluding hydrogens is 184 g/mol. The van der Waals surface area contributed by atoms with E-state index in [1.807, 2.05) is 0 Å². The lowest BCUT2D eigenvalue weighted by atomic mass is 10.1. The molecule has 0 unspecified atom stereocenters. The van der Waals surface area contributed by atoms with Gasteiger partial charge in [-0.25, -0.2) is 0 Å². The SMILES string of the molecule is CCCCCCCCC(N(C)C)N(C)C. The van der Waals surface area contributed by atoms with Crippen LogP contribution in [-0.4, -0.2) is 44.2 Å². The van der Waals surface area contributed by atoms with Gasteiger partial charge in [0.1, 0.15) is 0 Å². The highest BCUT2D eigenvalue weighted by Gasteiger charge is 2.12. The zero-order valence-electron chi connectivity index (χ0n) is 11.4. The molecule has 2 nitrogen and oxygen atoms in total. The van der Waals surface area contributed by atoms with E-state index < -0.39 is 0 Å². The van der Waals surface area contributed by atoms with Crippen molar-refractivity contribution in [2.45, 2.75) is 58.0 Å². The molecule has 0 rings (SSSR count). The van der Waals surface area contributed by atoms with Crippen molar-refractivity contribution < 1.29 is 0 Å². The summed E-state index contributed by atoms with van der Waals surface area (Å²) in [6.45, 7) is 2.27. The second-order valence-corrected chi connectivity index (χ2v) is 4.96. The summed E-state index contributed by atoms with van der Waals surface area (Å²) in [5.74, 6) is 0. The lowest BCUT2D eigenvalue weighted by molar-refractivity contribution is 0.117. The normalized spacial score (nSPS) is 12.0. The Bertz CT molecular complexity index is 124. The molecule has 15 heavy (non-hydrogen) atoms. The smallest absolute Gasteiger partial charge is 0.0612 e. The predicted molar refractivity (Wildman–Crippen MR) is 69.2 cm³/mol. The van der Waals surface area contributed by atoms with Gasteiger partial charge in [0, 0.05) is 0 Å². The molecule has 0 aliphatic rings. The highest BCUT2D eigenvalue weighted by molar-refractivity contribution is 4.62. The summed E-state index contributed by atoms with van der Waals surface area (Å²) >= 11 is 0. The van der Waals surface area contributed by atoms with Gasteiger partial charge in [-0.2, -0.15) is 0 Å². The quantitative estimate of drug-likeness (QED) is 0.429. The van der Waals surface area contributed by atoms with Crippen molar-refractivity contribution >= 4 is 0 Å². The van der Waals surface area contributed by atoms with Crippen LogP contribution in [0.4, 0.5) is 0 Å². The Balaban J connectivity index is 3.46. The average Bonchev–Trinajstić information content (AvgIpc) is 2.15. The Kier molecular flexibility index (Phi) is 9.12. The van der Waals surface area contributed by atoms with E-state index in [0.717, 1.165) is 0 Å². The molecule has 0 heterocycles. The molecule has 92 valence electrons. The Morgan fingerprint density at radius 2 is 1.20 bits per heavy atom. The summed E-state index contributed by atoms with van der Waals surface area (Å²) in [5.41, 5.74) is 0. The maximum absolute atomic E-state index is 2.31. The molecule has 0 aromatic heterocycles. The van der Waals surface area contributed by atoms with Crippen molar-refractivity contribution in [3.8, 4) is 0 Å². The molecule has 0 bridgehead atoms. The van der Waals surface area contributed by atoms with Crippen molar-refractivity contribution in [1.29, 1.82) is 0 Å². The van der Waals surface area contributed by atoms with Crippen LogP contribution in [0, 0.1) is 0 Å². The molecule has 0 aliphatic heterocycles. The highest BCUT2D eigenvalue weighted by Crippen LogP contribution is 2.11. The summed E-state index contributed by atoms with van der Waals surface area (Å²) in [5, 5.41) is 0. The van der Waals surface area contributed by atoms with Crippen LogP contribution in [0.25, 0.3) is 0 Å². The molecule has 0 saturated carbocycles. The second-order valence-electron chi connectivity index (χ2n) is 4.96. The van der Waals surface area contributed by atoms with Gasteiger partial charge in [0.05, 0.1) is 6.17 Å². The molecule has 0 radical (unpaired) electrons. The van der Waals surface area contributed by atoms with E-state index >= 15 is 0 Å². The third-order valence-corrected chi connectivity index (χ3v) is 3.01. The minimum absolute atomic E-state index is 0.608. The average molecular weight is 214 g/mol. The third kappa shape index (κ3) is 7.80. The molecule has 2 heteroatoms. The topological polar surface area (TPSA) is 6.48 Å². The maximum atomic E-state index is 2.31. The molecule has 0 atom stereocenters. The van der Waals surface area contributed by atoms with E-state index in [4.69, 9.17) is 0 Å². The van der Waals surface area contributed by atoms with Crippen molar-refractivity contribution in [2.75, 3.05) is 28.2 Å². The van der Waals surface area contributed by atoms with Gasteiger partial charge in [-0.05, 0) is 34.6 Å². The van der Waals surface area contributed by atoms with E-state index in [0.29, 0.717) is 6.17 Å². The first-order valence-corrected chi connectivity index (χ1v) is 6.42. The molecule has 0 amide bonds. The van der Waals surface area contributed by atoms with Crippen LogP contribution in [0.3, 0.4) is 0 Å². The summed E-state index contributed by atoms with van der Waals surface area (Å²) in [6, 6.07) is 0. The van der Waals surface area contributed by atoms with Gasteiger partial charge in [-0.3, -0.25) is 9.80 Å². The van der Waals surface area contributed by atoms with Gasteiger partial charge in [0.15, 0.2) is 0 Å². The van der Waals surface area contributed by atoms with E-state index in [1.54, 1.807) is 0 Å². The van der Waals surface area contributed by atoms with E-state index in [-0.39, 0.29) is 0 Å². The molecule has 0 N–H and O–H groups in total. The zero-order chi connectivity index (χ0) is 11.7. The number of nitrogens with zero attached hydrogens (tertiary/aromatic N) is 2. The Hall–Kier alpha value is -0.0800. The monoisotopic (exact) mass is 214 g/mol. The molecule has 0 aromatic rings. The number of unbranched alkanes of at least 4 members (excludes halogenated alkanes) is 5. The summed E-state index contributed by atoms with van der Waals surface area (Å²) in [7, 11) is 8.67. The lowest BCUT2D eigenvalue weighted by Crippen LogP contribution is -2.40. The molecule has 0 fully saturated rings. The first-order chi connectivity index (χ1) is 7.09. The molecule has 0 aromatic carbocycles. The lowest BCUT2D eigenvalue weighted by Gasteiger charge is -2.30. The maximum Gasteiger partial charge on any atom is 0.0612 e. The molecule has 0 aliphatic carbocycles. The van der Waals surface area contributed by atoms with Crippen LogP contribution >= 0.6 is 0 Å². The van der Waals surface area contributed by atoms with Crippen molar-refractivity contribution in [3.63, 3.8) is 0 Å². The summed E-state index contributed by atoms with van der Waals surface area (Å²) in [4.78, 5) is 4.62. The zero-order valence-corrected chi connectivity index (χ0v) is 11.4. The largest absolute Gasteiger partial charge is 0.294 e. The van der Waals surface area contributed by atoms with Crippen LogP contribution in [0.1, 0.15) is 51.9 Å². The second kappa shape index (κ2) is 9.17. The molecule has 0 spiro atoms. The van der Waals surface area contributed by atoms with Crippen LogP contribution in [0.15, 0.2) is 0 Å². The number of rotatable bonds is 9. The Morgan fingerprint density at radius 1 is 0.733 bits per heavy atom. The number of hydrogen-bond donors (Lipinski definition) is 0. The minimum Gasteiger partial charge on any atom is -0.294 e. The first kappa shape index (κ1) is 14.9. The number of hydrogen-bond acceptors (Lipinski definition) is 2. The van der Waals surface area contributed by atoms with Crippen LogP contribution in [-0.2, 0) is 0 Å². The molecule has 0 saturated heterocycles. The summed E-state index contributed by atoms with van der Waals surface area (Å²) < 4.78 is 0. The Morgan fingerprint density at radius 3 is 1.67 bits per heavy atom. The van der Waals surface area contributed by atoms with Crippen LogP contribution < -0.4 is 0 Å². The highest BCUT2D eigenvalue weighted by atomic mass is 15.3. The standard InChI is InChI=1S/C13H30N2/c1-6-7-8-9-10-11-12-13(14(2)3)15(4)5/h13H,6-12H2,1-5H3. The first-order valence-electron chi connectivity index (χ1n) is 6.42. The fourth-order valence-electron chi connectivity index (χ4n) is 2.09. The predicted octanol–water partition coefficient (Wildman–Crippen LogP) is 3.19. The van der Waals surface area contributed by atoms with Crippen LogP contribution in [0.2, 0.25) is 0 Å². The summed E-state index contributed by atoms with van der Waals surface area (Å²) in [6.07, 6.45) is 10.3. The minimum atomic E-state index is 0.608. The van der Waals surface area contributed by atoms with E-state index in [2.05, 4.69) is 44.9 Å². The fraction of sp³-hybridized carbons (Fsp3) is 1.00. The fourth-order valence-corrected chi connectivity index (χ4v) is 2.09.